The first kappa shape index (κ1) is 23.8. The molecule has 2 aromatic carbocycles. The Morgan fingerprint density at radius 2 is 1.62 bits per heavy atom. The van der Waals surface area contributed by atoms with Gasteiger partial charge in [0.1, 0.15) is 6.61 Å². The third-order valence-corrected chi connectivity index (χ3v) is 7.06. The van der Waals surface area contributed by atoms with Crippen molar-refractivity contribution in [2.24, 2.45) is 5.92 Å². The highest BCUT2D eigenvalue weighted by atomic mass is 16.5. The second kappa shape index (κ2) is 10.7. The average molecular weight is 465 g/mol. The second-order valence-electron chi connectivity index (χ2n) is 9.11. The summed E-state index contributed by atoms with van der Waals surface area (Å²) in [7, 11) is 0. The zero-order valence-electron chi connectivity index (χ0n) is 19.5. The number of ether oxygens (including phenoxy) is 1. The van der Waals surface area contributed by atoms with Crippen molar-refractivity contribution in [1.29, 1.82) is 0 Å². The fourth-order valence-corrected chi connectivity index (χ4v) is 5.02. The third-order valence-electron chi connectivity index (χ3n) is 7.06. The van der Waals surface area contributed by atoms with E-state index in [1.807, 2.05) is 31.2 Å². The van der Waals surface area contributed by atoms with E-state index in [1.54, 1.807) is 4.90 Å². The summed E-state index contributed by atoms with van der Waals surface area (Å²) in [5.74, 6) is -1.13. The van der Waals surface area contributed by atoms with E-state index in [2.05, 4.69) is 29.6 Å². The molecule has 2 N–H and O–H groups in total. The van der Waals surface area contributed by atoms with Crippen LogP contribution in [0.1, 0.15) is 56.1 Å². The summed E-state index contributed by atoms with van der Waals surface area (Å²) in [5, 5.41) is 12.0. The molecule has 1 fully saturated rings. The van der Waals surface area contributed by atoms with Gasteiger partial charge < -0.3 is 20.1 Å². The molecule has 0 bridgehead atoms. The maximum atomic E-state index is 12.6. The average Bonchev–Trinajstić information content (AvgIpc) is 3.18. The second-order valence-corrected chi connectivity index (χ2v) is 9.11. The van der Waals surface area contributed by atoms with E-state index in [9.17, 15) is 14.4 Å². The van der Waals surface area contributed by atoms with Crippen molar-refractivity contribution in [2.75, 3.05) is 19.7 Å². The normalized spacial score (nSPS) is 16.4. The molecule has 34 heavy (non-hydrogen) atoms. The minimum Gasteiger partial charge on any atom is -0.481 e. The van der Waals surface area contributed by atoms with Gasteiger partial charge in [-0.2, -0.15) is 0 Å². The molecule has 1 aliphatic carbocycles. The Morgan fingerprint density at radius 1 is 1.03 bits per heavy atom. The lowest BCUT2D eigenvalue weighted by atomic mass is 9.96. The minimum atomic E-state index is -0.787. The van der Waals surface area contributed by atoms with E-state index in [4.69, 9.17) is 9.84 Å². The number of carbonyl (C=O) groups excluding carboxylic acids is 2. The van der Waals surface area contributed by atoms with E-state index < -0.39 is 12.1 Å². The molecule has 0 radical (unpaired) electrons. The van der Waals surface area contributed by atoms with Crippen LogP contribution in [0, 0.1) is 5.92 Å². The summed E-state index contributed by atoms with van der Waals surface area (Å²) in [4.78, 5) is 37.9. The molecule has 2 aromatic rings. The fourth-order valence-electron chi connectivity index (χ4n) is 5.02. The van der Waals surface area contributed by atoms with Crippen LogP contribution in [0.4, 0.5) is 4.79 Å². The third kappa shape index (κ3) is 5.24. The van der Waals surface area contributed by atoms with Crippen LogP contribution in [0.25, 0.3) is 11.1 Å². The van der Waals surface area contributed by atoms with Gasteiger partial charge in [-0.25, -0.2) is 4.79 Å². The number of benzene rings is 2. The van der Waals surface area contributed by atoms with Gasteiger partial charge in [0.2, 0.25) is 5.91 Å². The quantitative estimate of drug-likeness (QED) is 0.603. The number of amides is 2. The van der Waals surface area contributed by atoms with Gasteiger partial charge >= 0.3 is 12.1 Å². The lowest BCUT2D eigenvalue weighted by Gasteiger charge is -2.30. The molecule has 0 spiro atoms. The van der Waals surface area contributed by atoms with Crippen LogP contribution in [0.3, 0.4) is 0 Å². The van der Waals surface area contributed by atoms with E-state index in [0.29, 0.717) is 45.2 Å². The number of nitrogens with zero attached hydrogens (tertiary/aromatic N) is 1. The Hall–Kier alpha value is -3.35. The molecular weight excluding hydrogens is 432 g/mol. The molecule has 180 valence electrons. The number of fused-ring (bicyclic) bond motifs is 3. The number of carboxylic acid groups (broad SMARTS) is 1. The molecule has 2 aliphatic rings. The number of aliphatic carboxylic acids is 1. The van der Waals surface area contributed by atoms with Crippen molar-refractivity contribution in [1.82, 2.24) is 10.2 Å². The summed E-state index contributed by atoms with van der Waals surface area (Å²) < 4.78 is 5.63. The molecule has 1 atom stereocenters. The first-order valence-corrected chi connectivity index (χ1v) is 12.1. The van der Waals surface area contributed by atoms with Crippen molar-refractivity contribution in [2.45, 2.75) is 51.0 Å². The molecule has 0 aromatic heterocycles. The molecule has 7 heteroatoms. The number of rotatable bonds is 8. The Bertz CT molecular complexity index is 999. The number of alkyl carbamates (subject to hydrolysis) is 1. The van der Waals surface area contributed by atoms with Crippen LogP contribution in [-0.2, 0) is 14.3 Å². The molecule has 0 saturated carbocycles. The van der Waals surface area contributed by atoms with Crippen LogP contribution < -0.4 is 5.32 Å². The fraction of sp³-hybridized carbons (Fsp3) is 0.444. The van der Waals surface area contributed by atoms with Gasteiger partial charge in [-0.05, 0) is 47.9 Å². The summed E-state index contributed by atoms with van der Waals surface area (Å²) in [5.41, 5.74) is 4.70. The molecule has 1 aliphatic heterocycles. The summed E-state index contributed by atoms with van der Waals surface area (Å²) >= 11 is 0. The molecule has 7 nitrogen and oxygen atoms in total. The van der Waals surface area contributed by atoms with Gasteiger partial charge in [0.15, 0.2) is 0 Å². The molecule has 1 unspecified atom stereocenters. The number of likely N-dealkylation sites (tertiary alicyclic amines) is 1. The van der Waals surface area contributed by atoms with Gasteiger partial charge in [0, 0.05) is 31.5 Å². The standard InChI is InChI=1S/C27H32N2O5/c1-2-19(11-12-25(30)29-15-13-18(14-16-29)26(31)32)28-27(33)34-17-24-22-9-5-3-7-20(22)21-8-4-6-10-23(21)24/h3-10,18-19,24H,2,11-17H2,1H3,(H,28,33)(H,31,32). The predicted octanol–water partition coefficient (Wildman–Crippen LogP) is 4.41. The van der Waals surface area contributed by atoms with Gasteiger partial charge in [0.05, 0.1) is 5.92 Å². The lowest BCUT2D eigenvalue weighted by Crippen LogP contribution is -2.41. The van der Waals surface area contributed by atoms with Gasteiger partial charge in [-0.3, -0.25) is 9.59 Å². The number of hydrogen-bond donors (Lipinski definition) is 2. The maximum Gasteiger partial charge on any atom is 0.407 e. The van der Waals surface area contributed by atoms with Crippen molar-refractivity contribution < 1.29 is 24.2 Å². The largest absolute Gasteiger partial charge is 0.481 e. The minimum absolute atomic E-state index is 0.00790. The van der Waals surface area contributed by atoms with Crippen molar-refractivity contribution >= 4 is 18.0 Å². The monoisotopic (exact) mass is 464 g/mol. The zero-order valence-corrected chi connectivity index (χ0v) is 19.5. The van der Waals surface area contributed by atoms with E-state index in [0.717, 1.165) is 0 Å². The summed E-state index contributed by atoms with van der Waals surface area (Å²) in [6.45, 7) is 3.18. The van der Waals surface area contributed by atoms with E-state index >= 15 is 0 Å². The highest BCUT2D eigenvalue weighted by molar-refractivity contribution is 5.79. The zero-order chi connectivity index (χ0) is 24.1. The van der Waals surface area contributed by atoms with E-state index in [1.165, 1.54) is 22.3 Å². The first-order chi connectivity index (χ1) is 16.5. The Labute approximate surface area is 200 Å². The highest BCUT2D eigenvalue weighted by Gasteiger charge is 2.30. The van der Waals surface area contributed by atoms with Crippen LogP contribution in [0.5, 0.6) is 0 Å². The number of nitrogens with one attached hydrogen (secondary N) is 1. The molecule has 2 amide bonds. The van der Waals surface area contributed by atoms with Crippen molar-refractivity contribution in [3.63, 3.8) is 0 Å². The lowest BCUT2D eigenvalue weighted by molar-refractivity contribution is -0.145. The summed E-state index contributed by atoms with van der Waals surface area (Å²) in [6, 6.07) is 16.3. The SMILES string of the molecule is CCC(CCC(=O)N1CCC(C(=O)O)CC1)NC(=O)OCC1c2ccccc2-c2ccccc21. The predicted molar refractivity (Wildman–Crippen MR) is 128 cm³/mol. The van der Waals surface area contributed by atoms with Gasteiger partial charge in [-0.15, -0.1) is 0 Å². The number of carbonyl (C=O) groups is 3. The molecular formula is C27H32N2O5. The topological polar surface area (TPSA) is 95.9 Å². The molecule has 4 rings (SSSR count). The van der Waals surface area contributed by atoms with Crippen LogP contribution in [-0.4, -0.2) is 53.7 Å². The van der Waals surface area contributed by atoms with Crippen LogP contribution in [0.2, 0.25) is 0 Å². The smallest absolute Gasteiger partial charge is 0.407 e. The Morgan fingerprint density at radius 3 is 2.18 bits per heavy atom. The number of piperidine rings is 1. The van der Waals surface area contributed by atoms with Gasteiger partial charge in [0.25, 0.3) is 0 Å². The van der Waals surface area contributed by atoms with Crippen molar-refractivity contribution in [3.05, 3.63) is 59.7 Å². The summed E-state index contributed by atoms with van der Waals surface area (Å²) in [6.07, 6.45) is 2.06. The van der Waals surface area contributed by atoms with E-state index in [-0.39, 0.29) is 30.4 Å². The Kier molecular flexibility index (Phi) is 7.50. The number of hydrogen-bond acceptors (Lipinski definition) is 4. The highest BCUT2D eigenvalue weighted by Crippen LogP contribution is 2.44. The first-order valence-electron chi connectivity index (χ1n) is 12.1. The maximum absolute atomic E-state index is 12.6. The Balaban J connectivity index is 1.26. The van der Waals surface area contributed by atoms with Crippen LogP contribution in [0.15, 0.2) is 48.5 Å². The van der Waals surface area contributed by atoms with Gasteiger partial charge in [-0.1, -0.05) is 55.5 Å². The van der Waals surface area contributed by atoms with Crippen LogP contribution >= 0.6 is 0 Å². The molecule has 1 saturated heterocycles. The van der Waals surface area contributed by atoms with Crippen molar-refractivity contribution in [3.8, 4) is 11.1 Å². The number of carboxylic acids is 1. The molecule has 1 heterocycles.